The first-order chi connectivity index (χ1) is 9.02. The first-order valence-corrected chi connectivity index (χ1v) is 5.58. The van der Waals surface area contributed by atoms with Crippen LogP contribution in [0.4, 0.5) is 22.0 Å². The van der Waals surface area contributed by atoms with Gasteiger partial charge in [0.1, 0.15) is 0 Å². The Labute approximate surface area is 110 Å². The summed E-state index contributed by atoms with van der Waals surface area (Å²) in [6, 6.07) is -2.46. The molecule has 0 radical (unpaired) electrons. The van der Waals surface area contributed by atoms with Crippen molar-refractivity contribution in [1.82, 2.24) is 5.32 Å². The monoisotopic (exact) mass is 295 g/mol. The Bertz CT molecular complexity index is 545. The van der Waals surface area contributed by atoms with E-state index in [0.29, 0.717) is 12.2 Å². The standard InChI is InChI=1S/C12H10F5NO2/c1-11(14)4-5-2-6(10(19)20)9(12(15,16)17)18-7(5)3-8(11)13/h2-4,8-9,18H,1H3,(H,19,20). The van der Waals surface area contributed by atoms with Crippen LogP contribution in [0, 0.1) is 0 Å². The number of carbonyl (C=O) groups is 1. The van der Waals surface area contributed by atoms with Crippen molar-refractivity contribution in [3.8, 4) is 0 Å². The second kappa shape index (κ2) is 4.32. The normalized spacial score (nSPS) is 33.4. The smallest absolute Gasteiger partial charge is 0.413 e. The molecule has 0 saturated carbocycles. The van der Waals surface area contributed by atoms with E-state index in [1.165, 1.54) is 0 Å². The van der Waals surface area contributed by atoms with Crippen molar-refractivity contribution in [1.29, 1.82) is 0 Å². The van der Waals surface area contributed by atoms with Gasteiger partial charge in [0.2, 0.25) is 0 Å². The third-order valence-corrected chi connectivity index (χ3v) is 3.10. The fourth-order valence-electron chi connectivity index (χ4n) is 2.05. The first-order valence-electron chi connectivity index (χ1n) is 5.58. The van der Waals surface area contributed by atoms with Gasteiger partial charge in [-0.25, -0.2) is 13.6 Å². The van der Waals surface area contributed by atoms with E-state index >= 15 is 0 Å². The SMILES string of the molecule is CC1(F)C=C2C=C(C(=O)O)C(C(F)(F)F)NC2=CC1F. The topological polar surface area (TPSA) is 49.3 Å². The van der Waals surface area contributed by atoms with E-state index in [1.807, 2.05) is 5.32 Å². The van der Waals surface area contributed by atoms with Crippen LogP contribution in [-0.4, -0.2) is 35.1 Å². The maximum absolute atomic E-state index is 13.8. The molecule has 8 heteroatoms. The fourth-order valence-corrected chi connectivity index (χ4v) is 2.05. The van der Waals surface area contributed by atoms with Crippen LogP contribution in [0.2, 0.25) is 0 Å². The summed E-state index contributed by atoms with van der Waals surface area (Å²) in [4.78, 5) is 10.9. The molecule has 0 fully saturated rings. The molecule has 3 atom stereocenters. The molecule has 2 rings (SSSR count). The largest absolute Gasteiger partial charge is 0.478 e. The number of fused-ring (bicyclic) bond motifs is 1. The van der Waals surface area contributed by atoms with Gasteiger partial charge in [-0.3, -0.25) is 0 Å². The number of alkyl halides is 5. The highest BCUT2D eigenvalue weighted by molar-refractivity contribution is 5.90. The predicted octanol–water partition coefficient (Wildman–Crippen LogP) is 2.42. The summed E-state index contributed by atoms with van der Waals surface area (Å²) < 4.78 is 65.6. The second-order valence-electron chi connectivity index (χ2n) is 4.76. The molecular weight excluding hydrogens is 285 g/mol. The van der Waals surface area contributed by atoms with Crippen molar-refractivity contribution >= 4 is 5.97 Å². The molecule has 3 unspecified atom stereocenters. The summed E-state index contributed by atoms with van der Waals surface area (Å²) in [5, 5.41) is 10.7. The van der Waals surface area contributed by atoms with Crippen LogP contribution in [0.15, 0.2) is 35.1 Å². The highest BCUT2D eigenvalue weighted by Gasteiger charge is 2.48. The van der Waals surface area contributed by atoms with Gasteiger partial charge in [0.05, 0.1) is 5.57 Å². The Morgan fingerprint density at radius 2 is 2.05 bits per heavy atom. The molecule has 2 aliphatic rings. The average molecular weight is 295 g/mol. The summed E-state index contributed by atoms with van der Waals surface area (Å²) in [7, 11) is 0. The number of carboxylic acid groups (broad SMARTS) is 1. The van der Waals surface area contributed by atoms with Crippen LogP contribution < -0.4 is 5.32 Å². The molecule has 0 bridgehead atoms. The molecule has 0 aromatic rings. The molecule has 3 nitrogen and oxygen atoms in total. The van der Waals surface area contributed by atoms with Crippen LogP contribution in [-0.2, 0) is 4.79 Å². The highest BCUT2D eigenvalue weighted by Crippen LogP contribution is 2.37. The van der Waals surface area contributed by atoms with E-state index in [9.17, 15) is 26.7 Å². The van der Waals surface area contributed by atoms with Crippen molar-refractivity contribution in [2.75, 3.05) is 0 Å². The van der Waals surface area contributed by atoms with E-state index < -0.39 is 35.6 Å². The summed E-state index contributed by atoms with van der Waals surface area (Å²) >= 11 is 0. The number of hydrogen-bond donors (Lipinski definition) is 2. The predicted molar refractivity (Wildman–Crippen MR) is 59.3 cm³/mol. The number of halogens is 5. The maximum atomic E-state index is 13.8. The number of hydrogen-bond acceptors (Lipinski definition) is 2. The van der Waals surface area contributed by atoms with E-state index in [4.69, 9.17) is 5.11 Å². The molecule has 1 aliphatic carbocycles. The molecule has 1 heterocycles. The Balaban J connectivity index is 2.52. The van der Waals surface area contributed by atoms with Gasteiger partial charge < -0.3 is 10.4 Å². The average Bonchev–Trinajstić information content (AvgIpc) is 2.27. The Morgan fingerprint density at radius 3 is 2.55 bits per heavy atom. The fraction of sp³-hybridized carbons (Fsp3) is 0.417. The van der Waals surface area contributed by atoms with Crippen LogP contribution in [0.5, 0.6) is 0 Å². The zero-order valence-corrected chi connectivity index (χ0v) is 10.1. The van der Waals surface area contributed by atoms with Crippen molar-refractivity contribution in [2.24, 2.45) is 0 Å². The Morgan fingerprint density at radius 1 is 1.45 bits per heavy atom. The van der Waals surface area contributed by atoms with E-state index in [1.54, 1.807) is 0 Å². The molecule has 20 heavy (non-hydrogen) atoms. The van der Waals surface area contributed by atoms with Gasteiger partial charge in [0.25, 0.3) is 0 Å². The minimum absolute atomic E-state index is 0.109. The minimum atomic E-state index is -4.86. The summed E-state index contributed by atoms with van der Waals surface area (Å²) in [5.41, 5.74) is -3.73. The molecule has 0 amide bonds. The van der Waals surface area contributed by atoms with Crippen LogP contribution in [0.1, 0.15) is 6.92 Å². The summed E-state index contributed by atoms with van der Waals surface area (Å²) in [6.45, 7) is 0.919. The van der Waals surface area contributed by atoms with Gasteiger partial charge in [0, 0.05) is 5.70 Å². The van der Waals surface area contributed by atoms with Gasteiger partial charge in [0.15, 0.2) is 17.9 Å². The van der Waals surface area contributed by atoms with Crippen LogP contribution in [0.25, 0.3) is 0 Å². The highest BCUT2D eigenvalue weighted by atomic mass is 19.4. The molecule has 2 N–H and O–H groups in total. The zero-order chi connectivity index (χ0) is 15.3. The second-order valence-corrected chi connectivity index (χ2v) is 4.76. The first kappa shape index (κ1) is 14.5. The lowest BCUT2D eigenvalue weighted by atomic mass is 9.86. The molecule has 0 spiro atoms. The van der Waals surface area contributed by atoms with E-state index in [2.05, 4.69) is 0 Å². The van der Waals surface area contributed by atoms with Gasteiger partial charge in [-0.05, 0) is 30.7 Å². The zero-order valence-electron chi connectivity index (χ0n) is 10.1. The quantitative estimate of drug-likeness (QED) is 0.730. The lowest BCUT2D eigenvalue weighted by Gasteiger charge is -2.34. The maximum Gasteiger partial charge on any atom is 0.413 e. The molecule has 110 valence electrons. The summed E-state index contributed by atoms with van der Waals surface area (Å²) in [5.74, 6) is -1.78. The van der Waals surface area contributed by atoms with Crippen LogP contribution >= 0.6 is 0 Å². The van der Waals surface area contributed by atoms with Gasteiger partial charge >= 0.3 is 12.1 Å². The molecule has 0 saturated heterocycles. The van der Waals surface area contributed by atoms with Gasteiger partial charge in [-0.1, -0.05) is 0 Å². The molecular formula is C12H10F5NO2. The van der Waals surface area contributed by atoms with Gasteiger partial charge in [-0.15, -0.1) is 0 Å². The number of nitrogens with one attached hydrogen (secondary N) is 1. The number of carboxylic acids is 1. The number of aliphatic carboxylic acids is 1. The van der Waals surface area contributed by atoms with Crippen molar-refractivity contribution in [3.05, 3.63) is 35.1 Å². The third kappa shape index (κ3) is 2.41. The van der Waals surface area contributed by atoms with Crippen molar-refractivity contribution < 1.29 is 31.9 Å². The van der Waals surface area contributed by atoms with Gasteiger partial charge in [-0.2, -0.15) is 13.2 Å². The van der Waals surface area contributed by atoms with E-state index in [0.717, 1.165) is 13.0 Å². The third-order valence-electron chi connectivity index (χ3n) is 3.10. The number of rotatable bonds is 1. The molecule has 0 aromatic heterocycles. The van der Waals surface area contributed by atoms with E-state index in [-0.39, 0.29) is 11.3 Å². The molecule has 1 aliphatic heterocycles. The lowest BCUT2D eigenvalue weighted by molar-refractivity contribution is -0.154. The lowest BCUT2D eigenvalue weighted by Crippen LogP contribution is -2.49. The van der Waals surface area contributed by atoms with Crippen LogP contribution in [0.3, 0.4) is 0 Å². The number of allylic oxidation sites excluding steroid dienone is 3. The minimum Gasteiger partial charge on any atom is -0.478 e. The Kier molecular flexibility index (Phi) is 3.14. The Hall–Kier alpha value is -1.86. The summed E-state index contributed by atoms with van der Waals surface area (Å²) in [6.07, 6.45) is -4.80. The van der Waals surface area contributed by atoms with Crippen molar-refractivity contribution in [2.45, 2.75) is 31.0 Å². The van der Waals surface area contributed by atoms with Crippen molar-refractivity contribution in [3.63, 3.8) is 0 Å². The molecule has 0 aromatic carbocycles.